The molecule has 0 spiro atoms. The number of anilines is 1. The number of carbonyl (C=O) groups excluding carboxylic acids is 1. The number of para-hydroxylation sites is 1. The number of nitrogens with zero attached hydrogens (tertiary/aromatic N) is 2. The zero-order chi connectivity index (χ0) is 10.3. The molecular formula is C12H14N2O. The summed E-state index contributed by atoms with van der Waals surface area (Å²) in [5.41, 5.74) is 2.25. The molecule has 0 aliphatic carbocycles. The Morgan fingerprint density at radius 2 is 1.80 bits per heavy atom. The normalized spacial score (nSPS) is 21.1. The summed E-state index contributed by atoms with van der Waals surface area (Å²) in [5.74, 6) is 0.220. The van der Waals surface area contributed by atoms with Crippen LogP contribution >= 0.6 is 0 Å². The molecule has 2 heterocycles. The average molecular weight is 202 g/mol. The van der Waals surface area contributed by atoms with Gasteiger partial charge in [0.15, 0.2) is 0 Å². The van der Waals surface area contributed by atoms with Crippen LogP contribution in [0.3, 0.4) is 0 Å². The molecule has 1 aromatic rings. The lowest BCUT2D eigenvalue weighted by atomic mass is 10.2. The van der Waals surface area contributed by atoms with Crippen molar-refractivity contribution in [3.8, 4) is 0 Å². The fourth-order valence-corrected chi connectivity index (χ4v) is 2.45. The third-order valence-electron chi connectivity index (χ3n) is 3.16. The Bertz CT molecular complexity index is 396. The van der Waals surface area contributed by atoms with Crippen LogP contribution < -0.4 is 5.01 Å². The number of hydrazine groups is 1. The van der Waals surface area contributed by atoms with E-state index >= 15 is 0 Å². The van der Waals surface area contributed by atoms with Crippen LogP contribution in [0.2, 0.25) is 0 Å². The predicted octanol–water partition coefficient (Wildman–Crippen LogP) is 1.59. The van der Waals surface area contributed by atoms with Crippen molar-refractivity contribution in [2.45, 2.75) is 19.3 Å². The molecule has 78 valence electrons. The van der Waals surface area contributed by atoms with E-state index in [1.54, 1.807) is 0 Å². The van der Waals surface area contributed by atoms with Crippen LogP contribution in [0.4, 0.5) is 5.69 Å². The van der Waals surface area contributed by atoms with Crippen molar-refractivity contribution >= 4 is 11.6 Å². The minimum Gasteiger partial charge on any atom is -0.273 e. The summed E-state index contributed by atoms with van der Waals surface area (Å²) in [6.07, 6.45) is 2.96. The topological polar surface area (TPSA) is 23.6 Å². The van der Waals surface area contributed by atoms with Crippen LogP contribution in [0, 0.1) is 0 Å². The molecule has 3 nitrogen and oxygen atoms in total. The summed E-state index contributed by atoms with van der Waals surface area (Å²) >= 11 is 0. The van der Waals surface area contributed by atoms with Gasteiger partial charge in [-0.3, -0.25) is 4.79 Å². The highest BCUT2D eigenvalue weighted by molar-refractivity contribution is 6.00. The second kappa shape index (κ2) is 3.35. The predicted molar refractivity (Wildman–Crippen MR) is 58.4 cm³/mol. The van der Waals surface area contributed by atoms with Crippen LogP contribution in [0.1, 0.15) is 18.4 Å². The van der Waals surface area contributed by atoms with Crippen molar-refractivity contribution < 1.29 is 4.79 Å². The lowest BCUT2D eigenvalue weighted by Crippen LogP contribution is -2.42. The average Bonchev–Trinajstić information content (AvgIpc) is 2.82. The standard InChI is InChI=1S/C12H14N2O/c15-12-9-10-5-1-2-6-11(10)14(12)13-7-3-4-8-13/h1-2,5-6H,3-4,7-9H2. The Kier molecular flexibility index (Phi) is 1.99. The third kappa shape index (κ3) is 1.35. The van der Waals surface area contributed by atoms with Gasteiger partial charge >= 0.3 is 0 Å². The first-order valence-electron chi connectivity index (χ1n) is 5.52. The second-order valence-corrected chi connectivity index (χ2v) is 4.17. The van der Waals surface area contributed by atoms with Crippen LogP contribution in [0.5, 0.6) is 0 Å². The largest absolute Gasteiger partial charge is 0.273 e. The maximum Gasteiger partial charge on any atom is 0.246 e. The van der Waals surface area contributed by atoms with E-state index in [1.807, 2.05) is 29.3 Å². The van der Waals surface area contributed by atoms with Gasteiger partial charge in [-0.2, -0.15) is 0 Å². The highest BCUT2D eigenvalue weighted by Crippen LogP contribution is 2.31. The fraction of sp³-hybridized carbons (Fsp3) is 0.417. The molecule has 0 saturated carbocycles. The van der Waals surface area contributed by atoms with Gasteiger partial charge in [0.05, 0.1) is 12.1 Å². The number of hydrogen-bond donors (Lipinski definition) is 0. The van der Waals surface area contributed by atoms with Crippen LogP contribution in [-0.4, -0.2) is 24.0 Å². The fourth-order valence-electron chi connectivity index (χ4n) is 2.45. The molecule has 3 rings (SSSR count). The summed E-state index contributed by atoms with van der Waals surface area (Å²) in [5, 5.41) is 4.05. The lowest BCUT2D eigenvalue weighted by molar-refractivity contribution is -0.120. The number of carbonyl (C=O) groups is 1. The first-order valence-corrected chi connectivity index (χ1v) is 5.52. The molecule has 1 fully saturated rings. The summed E-state index contributed by atoms with van der Waals surface area (Å²) < 4.78 is 0. The van der Waals surface area contributed by atoms with Gasteiger partial charge in [-0.25, -0.2) is 10.0 Å². The first kappa shape index (κ1) is 8.92. The molecule has 2 aliphatic heterocycles. The molecular weight excluding hydrogens is 188 g/mol. The summed E-state index contributed by atoms with van der Waals surface area (Å²) in [6.45, 7) is 2.03. The molecule has 0 N–H and O–H groups in total. The van der Waals surface area contributed by atoms with Crippen molar-refractivity contribution in [3.63, 3.8) is 0 Å². The molecule has 2 aliphatic rings. The van der Waals surface area contributed by atoms with E-state index in [2.05, 4.69) is 5.01 Å². The maximum atomic E-state index is 11.9. The van der Waals surface area contributed by atoms with Crippen LogP contribution in [0.25, 0.3) is 0 Å². The Hall–Kier alpha value is -1.35. The van der Waals surface area contributed by atoms with E-state index in [4.69, 9.17) is 0 Å². The summed E-state index contributed by atoms with van der Waals surface area (Å²) in [6, 6.07) is 8.09. The molecule has 0 atom stereocenters. The van der Waals surface area contributed by atoms with E-state index < -0.39 is 0 Å². The number of rotatable bonds is 1. The van der Waals surface area contributed by atoms with Gasteiger partial charge in [0.1, 0.15) is 0 Å². The number of hydrogen-bond acceptors (Lipinski definition) is 2. The summed E-state index contributed by atoms with van der Waals surface area (Å²) in [4.78, 5) is 11.9. The highest BCUT2D eigenvalue weighted by atomic mass is 16.2. The second-order valence-electron chi connectivity index (χ2n) is 4.17. The van der Waals surface area contributed by atoms with Gasteiger partial charge in [0.25, 0.3) is 0 Å². The van der Waals surface area contributed by atoms with Crippen molar-refractivity contribution in [3.05, 3.63) is 29.8 Å². The van der Waals surface area contributed by atoms with Gasteiger partial charge in [-0.15, -0.1) is 0 Å². The Morgan fingerprint density at radius 1 is 1.07 bits per heavy atom. The Morgan fingerprint density at radius 3 is 2.60 bits per heavy atom. The van der Waals surface area contributed by atoms with Gasteiger partial charge in [0, 0.05) is 13.1 Å². The molecule has 15 heavy (non-hydrogen) atoms. The molecule has 1 saturated heterocycles. The smallest absolute Gasteiger partial charge is 0.246 e. The zero-order valence-electron chi connectivity index (χ0n) is 8.65. The summed E-state index contributed by atoms with van der Waals surface area (Å²) in [7, 11) is 0. The van der Waals surface area contributed by atoms with Crippen molar-refractivity contribution in [1.82, 2.24) is 5.01 Å². The van der Waals surface area contributed by atoms with Crippen LogP contribution in [0.15, 0.2) is 24.3 Å². The molecule has 0 unspecified atom stereocenters. The van der Waals surface area contributed by atoms with E-state index in [0.717, 1.165) is 24.3 Å². The maximum absolute atomic E-state index is 11.9. The monoisotopic (exact) mass is 202 g/mol. The molecule has 1 amide bonds. The van der Waals surface area contributed by atoms with Crippen molar-refractivity contribution in [2.24, 2.45) is 0 Å². The third-order valence-corrected chi connectivity index (χ3v) is 3.16. The van der Waals surface area contributed by atoms with Crippen LogP contribution in [-0.2, 0) is 11.2 Å². The number of fused-ring (bicyclic) bond motifs is 1. The van der Waals surface area contributed by atoms with Crippen molar-refractivity contribution in [1.29, 1.82) is 0 Å². The molecule has 0 aromatic heterocycles. The van der Waals surface area contributed by atoms with E-state index in [-0.39, 0.29) is 5.91 Å². The van der Waals surface area contributed by atoms with Crippen molar-refractivity contribution in [2.75, 3.05) is 18.1 Å². The zero-order valence-corrected chi connectivity index (χ0v) is 8.65. The van der Waals surface area contributed by atoms with Gasteiger partial charge in [-0.05, 0) is 24.5 Å². The molecule has 0 radical (unpaired) electrons. The SMILES string of the molecule is O=C1Cc2ccccc2N1N1CCCC1. The lowest BCUT2D eigenvalue weighted by Gasteiger charge is -2.27. The molecule has 0 bridgehead atoms. The van der Waals surface area contributed by atoms with Gasteiger partial charge < -0.3 is 0 Å². The quantitative estimate of drug-likeness (QED) is 0.690. The van der Waals surface area contributed by atoms with E-state index in [1.165, 1.54) is 12.8 Å². The molecule has 3 heteroatoms. The molecule has 1 aromatic carbocycles. The minimum atomic E-state index is 0.220. The van der Waals surface area contributed by atoms with E-state index in [9.17, 15) is 4.79 Å². The Balaban J connectivity index is 1.98. The first-order chi connectivity index (χ1) is 7.36. The van der Waals surface area contributed by atoms with E-state index in [0.29, 0.717) is 6.42 Å². The highest BCUT2D eigenvalue weighted by Gasteiger charge is 2.32. The van der Waals surface area contributed by atoms with Gasteiger partial charge in [-0.1, -0.05) is 18.2 Å². The number of amides is 1. The Labute approximate surface area is 89.3 Å². The number of benzene rings is 1. The minimum absolute atomic E-state index is 0.220. The van der Waals surface area contributed by atoms with Gasteiger partial charge in [0.2, 0.25) is 5.91 Å².